The Kier molecular flexibility index (Phi) is 6.20. The number of pyridine rings is 1. The first-order chi connectivity index (χ1) is 15.0. The van der Waals surface area contributed by atoms with E-state index < -0.39 is 12.1 Å². The first-order valence-electron chi connectivity index (χ1n) is 9.98. The average molecular weight is 484 g/mol. The van der Waals surface area contributed by atoms with Crippen molar-refractivity contribution in [2.24, 2.45) is 0 Å². The fraction of sp³-hybridized carbons (Fsp3) is 0.261. The maximum Gasteiger partial charge on any atom is 0.239 e. The lowest BCUT2D eigenvalue weighted by Gasteiger charge is -2.41. The summed E-state index contributed by atoms with van der Waals surface area (Å²) in [6, 6.07) is 14.3. The van der Waals surface area contributed by atoms with Crippen LogP contribution in [0.15, 0.2) is 71.5 Å². The van der Waals surface area contributed by atoms with Crippen LogP contribution in [0.5, 0.6) is 11.5 Å². The molecule has 0 aliphatic carbocycles. The quantitative estimate of drug-likeness (QED) is 0.311. The van der Waals surface area contributed by atoms with Crippen LogP contribution in [0.3, 0.4) is 0 Å². The molecule has 1 aliphatic rings. The smallest absolute Gasteiger partial charge is 0.239 e. The maximum atomic E-state index is 12.4. The number of hydrogen-bond donors (Lipinski definition) is 2. The Balaban J connectivity index is 1.80. The molecule has 1 unspecified atom stereocenters. The summed E-state index contributed by atoms with van der Waals surface area (Å²) < 4.78 is 0.847. The van der Waals surface area contributed by atoms with Crippen LogP contribution in [0.4, 0.5) is 0 Å². The lowest BCUT2D eigenvalue weighted by atomic mass is 9.78. The SMILES string of the molecule is O=[N+]([O-])[C@H]1C(c2ccccc2Br)CCN(Cc2cccnc2)[C@@H]1c1ccc(O)c(O)c1. The summed E-state index contributed by atoms with van der Waals surface area (Å²) in [5.41, 5.74) is 2.45. The standard InChI is InChI=1S/C23H22BrN3O4/c24-19-6-2-1-5-17(19)18-9-11-26(14-15-4-3-10-25-13-15)22(23(18)27(30)31)16-7-8-20(28)21(29)12-16/h1-8,10,12-13,18,22-23,28-29H,9,11,14H2/t18?,22-,23+/m1/s1. The number of aromatic hydroxyl groups is 2. The van der Waals surface area contributed by atoms with Gasteiger partial charge in [-0.25, -0.2) is 0 Å². The van der Waals surface area contributed by atoms with Gasteiger partial charge < -0.3 is 10.2 Å². The molecule has 0 spiro atoms. The highest BCUT2D eigenvalue weighted by molar-refractivity contribution is 9.10. The number of benzene rings is 2. The van der Waals surface area contributed by atoms with Gasteiger partial charge in [0, 0.05) is 34.9 Å². The van der Waals surface area contributed by atoms with Crippen LogP contribution in [0.2, 0.25) is 0 Å². The molecule has 4 rings (SSSR count). The predicted molar refractivity (Wildman–Crippen MR) is 119 cm³/mol. The van der Waals surface area contributed by atoms with Crippen molar-refractivity contribution in [1.82, 2.24) is 9.88 Å². The summed E-state index contributed by atoms with van der Waals surface area (Å²) in [5, 5.41) is 32.3. The van der Waals surface area contributed by atoms with Crippen molar-refractivity contribution in [2.75, 3.05) is 6.54 Å². The largest absolute Gasteiger partial charge is 0.504 e. The minimum Gasteiger partial charge on any atom is -0.504 e. The highest BCUT2D eigenvalue weighted by Crippen LogP contribution is 2.44. The summed E-state index contributed by atoms with van der Waals surface area (Å²) in [7, 11) is 0. The predicted octanol–water partition coefficient (Wildman–Crippen LogP) is 4.63. The van der Waals surface area contributed by atoms with Gasteiger partial charge >= 0.3 is 0 Å². The molecule has 0 radical (unpaired) electrons. The first kappa shape index (κ1) is 21.3. The number of halogens is 1. The molecule has 3 atom stereocenters. The number of phenolic OH excluding ortho intramolecular Hbond substituents is 2. The van der Waals surface area contributed by atoms with Crippen LogP contribution >= 0.6 is 15.9 Å². The second-order valence-corrected chi connectivity index (χ2v) is 8.57. The molecular formula is C23H22BrN3O4. The minimum absolute atomic E-state index is 0.214. The topological polar surface area (TPSA) is 99.7 Å². The summed E-state index contributed by atoms with van der Waals surface area (Å²) in [4.78, 5) is 18.4. The molecule has 2 aromatic carbocycles. The Bertz CT molecular complexity index is 1080. The van der Waals surface area contributed by atoms with Crippen molar-refractivity contribution in [1.29, 1.82) is 0 Å². The monoisotopic (exact) mass is 483 g/mol. The zero-order valence-corrected chi connectivity index (χ0v) is 18.2. The molecule has 31 heavy (non-hydrogen) atoms. The van der Waals surface area contributed by atoms with E-state index in [2.05, 4.69) is 25.8 Å². The molecule has 2 heterocycles. The number of hydrogen-bond acceptors (Lipinski definition) is 6. The molecular weight excluding hydrogens is 462 g/mol. The second-order valence-electron chi connectivity index (χ2n) is 7.72. The van der Waals surface area contributed by atoms with E-state index >= 15 is 0 Å². The van der Waals surface area contributed by atoms with Crippen molar-refractivity contribution < 1.29 is 15.1 Å². The molecule has 8 heteroatoms. The number of rotatable bonds is 5. The summed E-state index contributed by atoms with van der Waals surface area (Å²) in [6.45, 7) is 1.13. The van der Waals surface area contributed by atoms with E-state index in [0.717, 1.165) is 15.6 Å². The third-order valence-electron chi connectivity index (χ3n) is 5.85. The molecule has 160 valence electrons. The van der Waals surface area contributed by atoms with E-state index in [-0.39, 0.29) is 22.3 Å². The van der Waals surface area contributed by atoms with Gasteiger partial charge in [-0.05, 0) is 47.4 Å². The minimum atomic E-state index is -0.937. The van der Waals surface area contributed by atoms with Crippen LogP contribution in [0.1, 0.15) is 35.1 Å². The normalized spacial score (nSPS) is 21.6. The van der Waals surface area contributed by atoms with Crippen molar-refractivity contribution in [3.05, 3.63) is 98.3 Å². The van der Waals surface area contributed by atoms with E-state index in [1.165, 1.54) is 12.1 Å². The van der Waals surface area contributed by atoms with Crippen molar-refractivity contribution in [3.63, 3.8) is 0 Å². The van der Waals surface area contributed by atoms with E-state index in [1.807, 2.05) is 36.4 Å². The van der Waals surface area contributed by atoms with Crippen molar-refractivity contribution >= 4 is 15.9 Å². The van der Waals surface area contributed by atoms with Gasteiger partial charge in [-0.3, -0.25) is 20.0 Å². The van der Waals surface area contributed by atoms with Crippen molar-refractivity contribution in [2.45, 2.75) is 31.0 Å². The van der Waals surface area contributed by atoms with Crippen molar-refractivity contribution in [3.8, 4) is 11.5 Å². The second kappa shape index (κ2) is 9.03. The third-order valence-corrected chi connectivity index (χ3v) is 6.58. The number of phenols is 2. The zero-order chi connectivity index (χ0) is 22.0. The highest BCUT2D eigenvalue weighted by atomic mass is 79.9. The summed E-state index contributed by atoms with van der Waals surface area (Å²) in [5.74, 6) is -0.848. The van der Waals surface area contributed by atoms with Crippen LogP contribution in [-0.2, 0) is 6.54 Å². The van der Waals surface area contributed by atoms with Crippen LogP contribution in [0, 0.1) is 10.1 Å². The number of nitro groups is 1. The highest BCUT2D eigenvalue weighted by Gasteiger charge is 2.48. The molecule has 1 aliphatic heterocycles. The zero-order valence-electron chi connectivity index (χ0n) is 16.6. The van der Waals surface area contributed by atoms with Gasteiger partial charge in [-0.15, -0.1) is 0 Å². The van der Waals surface area contributed by atoms with Gasteiger partial charge in [0.1, 0.15) is 6.04 Å². The summed E-state index contributed by atoms with van der Waals surface area (Å²) >= 11 is 3.56. The Hall–Kier alpha value is -2.97. The van der Waals surface area contributed by atoms with E-state index in [0.29, 0.717) is 25.1 Å². The molecule has 0 bridgehead atoms. The van der Waals surface area contributed by atoms with Crippen LogP contribution < -0.4 is 0 Å². The fourth-order valence-corrected chi connectivity index (χ4v) is 5.04. The lowest BCUT2D eigenvalue weighted by molar-refractivity contribution is -0.540. The van der Waals surface area contributed by atoms with Gasteiger partial charge in [0.05, 0.1) is 5.92 Å². The Morgan fingerprint density at radius 3 is 2.61 bits per heavy atom. The van der Waals surface area contributed by atoms with Gasteiger partial charge in [0.25, 0.3) is 0 Å². The molecule has 1 aromatic heterocycles. The van der Waals surface area contributed by atoms with E-state index in [9.17, 15) is 20.3 Å². The number of aromatic nitrogens is 1. The Morgan fingerprint density at radius 2 is 1.94 bits per heavy atom. The third kappa shape index (κ3) is 4.40. The van der Waals surface area contributed by atoms with Gasteiger partial charge in [-0.2, -0.15) is 0 Å². The average Bonchev–Trinajstić information content (AvgIpc) is 2.76. The lowest BCUT2D eigenvalue weighted by Crippen LogP contribution is -2.48. The Morgan fingerprint density at radius 1 is 1.13 bits per heavy atom. The molecule has 1 saturated heterocycles. The molecule has 0 amide bonds. The summed E-state index contributed by atoms with van der Waals surface area (Å²) in [6.07, 6.45) is 4.07. The van der Waals surface area contributed by atoms with E-state index in [4.69, 9.17) is 0 Å². The fourth-order valence-electron chi connectivity index (χ4n) is 4.46. The molecule has 3 aromatic rings. The van der Waals surface area contributed by atoms with Gasteiger partial charge in [0.15, 0.2) is 11.5 Å². The van der Waals surface area contributed by atoms with Gasteiger partial charge in [0.2, 0.25) is 6.04 Å². The number of likely N-dealkylation sites (tertiary alicyclic amines) is 1. The number of nitrogens with zero attached hydrogens (tertiary/aromatic N) is 3. The first-order valence-corrected chi connectivity index (χ1v) is 10.8. The maximum absolute atomic E-state index is 12.4. The van der Waals surface area contributed by atoms with E-state index in [1.54, 1.807) is 18.5 Å². The Labute approximate surface area is 188 Å². The molecule has 2 N–H and O–H groups in total. The van der Waals surface area contributed by atoms with Crippen LogP contribution in [0.25, 0.3) is 0 Å². The molecule has 7 nitrogen and oxygen atoms in total. The molecule has 1 fully saturated rings. The molecule has 0 saturated carbocycles. The van der Waals surface area contributed by atoms with Gasteiger partial charge in [-0.1, -0.05) is 46.3 Å². The number of piperidine rings is 1. The van der Waals surface area contributed by atoms with Crippen LogP contribution in [-0.4, -0.2) is 37.6 Å².